The standard InChI is InChI=1S/C15H26N2O2/c1-7-19-12-8-11(9-17-10-12)13(16-5)14(18-6)15(2,3)4/h8-10,13-14,16H,7H2,1-6H3. The molecule has 2 atom stereocenters. The summed E-state index contributed by atoms with van der Waals surface area (Å²) in [4.78, 5) is 4.25. The first-order chi connectivity index (χ1) is 8.93. The van der Waals surface area contributed by atoms with E-state index in [1.165, 1.54) is 0 Å². The summed E-state index contributed by atoms with van der Waals surface area (Å²) in [5.41, 5.74) is 1.11. The predicted octanol–water partition coefficient (Wildman–Crippen LogP) is 2.80. The van der Waals surface area contributed by atoms with Gasteiger partial charge in [-0.1, -0.05) is 20.8 Å². The van der Waals surface area contributed by atoms with Crippen molar-refractivity contribution in [2.75, 3.05) is 20.8 Å². The predicted molar refractivity (Wildman–Crippen MR) is 77.5 cm³/mol. The van der Waals surface area contributed by atoms with Crippen molar-refractivity contribution in [2.45, 2.75) is 39.8 Å². The van der Waals surface area contributed by atoms with Crippen molar-refractivity contribution < 1.29 is 9.47 Å². The number of pyridine rings is 1. The minimum atomic E-state index is 0.0318. The molecule has 0 aromatic carbocycles. The quantitative estimate of drug-likeness (QED) is 0.860. The van der Waals surface area contributed by atoms with Crippen molar-refractivity contribution in [1.29, 1.82) is 0 Å². The Morgan fingerprint density at radius 3 is 2.47 bits per heavy atom. The van der Waals surface area contributed by atoms with Crippen LogP contribution in [-0.2, 0) is 4.74 Å². The second-order valence-corrected chi connectivity index (χ2v) is 5.68. The average Bonchev–Trinajstić information content (AvgIpc) is 2.35. The Balaban J connectivity index is 3.04. The monoisotopic (exact) mass is 266 g/mol. The highest BCUT2D eigenvalue weighted by molar-refractivity contribution is 5.27. The molecule has 4 nitrogen and oxygen atoms in total. The van der Waals surface area contributed by atoms with Crippen molar-refractivity contribution in [3.05, 3.63) is 24.0 Å². The van der Waals surface area contributed by atoms with Gasteiger partial charge in [0.2, 0.25) is 0 Å². The summed E-state index contributed by atoms with van der Waals surface area (Å²) in [5.74, 6) is 0.795. The van der Waals surface area contributed by atoms with Crippen LogP contribution in [-0.4, -0.2) is 31.9 Å². The van der Waals surface area contributed by atoms with Crippen molar-refractivity contribution in [3.8, 4) is 5.75 Å². The number of methoxy groups -OCH3 is 1. The van der Waals surface area contributed by atoms with Crippen LogP contribution in [0.4, 0.5) is 0 Å². The number of aromatic nitrogens is 1. The van der Waals surface area contributed by atoms with E-state index in [4.69, 9.17) is 9.47 Å². The molecular formula is C15H26N2O2. The van der Waals surface area contributed by atoms with Gasteiger partial charge in [-0.3, -0.25) is 4.98 Å². The van der Waals surface area contributed by atoms with Crippen LogP contribution in [0.1, 0.15) is 39.3 Å². The second-order valence-electron chi connectivity index (χ2n) is 5.68. The Labute approximate surface area is 116 Å². The molecular weight excluding hydrogens is 240 g/mol. The molecule has 19 heavy (non-hydrogen) atoms. The maximum absolute atomic E-state index is 5.69. The molecule has 0 amide bonds. The van der Waals surface area contributed by atoms with E-state index in [1.807, 2.05) is 26.2 Å². The maximum Gasteiger partial charge on any atom is 0.137 e. The number of hydrogen-bond acceptors (Lipinski definition) is 4. The first-order valence-corrected chi connectivity index (χ1v) is 6.71. The van der Waals surface area contributed by atoms with Crippen LogP contribution in [0, 0.1) is 5.41 Å². The lowest BCUT2D eigenvalue weighted by atomic mass is 9.82. The fraction of sp³-hybridized carbons (Fsp3) is 0.667. The highest BCUT2D eigenvalue weighted by atomic mass is 16.5. The van der Waals surface area contributed by atoms with Crippen molar-refractivity contribution in [1.82, 2.24) is 10.3 Å². The Morgan fingerprint density at radius 1 is 1.32 bits per heavy atom. The summed E-state index contributed by atoms with van der Waals surface area (Å²) in [6.45, 7) is 9.12. The zero-order valence-corrected chi connectivity index (χ0v) is 12.9. The van der Waals surface area contributed by atoms with Crippen LogP contribution in [0.15, 0.2) is 18.5 Å². The van der Waals surface area contributed by atoms with Gasteiger partial charge in [0, 0.05) is 13.3 Å². The van der Waals surface area contributed by atoms with E-state index >= 15 is 0 Å². The summed E-state index contributed by atoms with van der Waals surface area (Å²) in [6.07, 6.45) is 3.65. The molecule has 0 aliphatic heterocycles. The molecule has 2 unspecified atom stereocenters. The first-order valence-electron chi connectivity index (χ1n) is 6.71. The van der Waals surface area contributed by atoms with E-state index in [-0.39, 0.29) is 17.6 Å². The number of nitrogens with zero attached hydrogens (tertiary/aromatic N) is 1. The normalized spacial score (nSPS) is 15.1. The number of rotatable bonds is 6. The van der Waals surface area contributed by atoms with Crippen LogP contribution in [0.2, 0.25) is 0 Å². The minimum absolute atomic E-state index is 0.0318. The second kappa shape index (κ2) is 6.87. The smallest absolute Gasteiger partial charge is 0.137 e. The summed E-state index contributed by atoms with van der Waals surface area (Å²) in [5, 5.41) is 3.32. The lowest BCUT2D eigenvalue weighted by Crippen LogP contribution is -2.40. The van der Waals surface area contributed by atoms with Gasteiger partial charge in [-0.15, -0.1) is 0 Å². The Kier molecular flexibility index (Phi) is 5.76. The van der Waals surface area contributed by atoms with Crippen LogP contribution >= 0.6 is 0 Å². The summed E-state index contributed by atoms with van der Waals surface area (Å²) < 4.78 is 11.2. The van der Waals surface area contributed by atoms with E-state index in [0.717, 1.165) is 11.3 Å². The average molecular weight is 266 g/mol. The number of nitrogens with one attached hydrogen (secondary N) is 1. The molecule has 0 bridgehead atoms. The third kappa shape index (κ3) is 4.18. The molecule has 0 aliphatic carbocycles. The van der Waals surface area contributed by atoms with E-state index in [1.54, 1.807) is 13.3 Å². The van der Waals surface area contributed by atoms with Gasteiger partial charge in [0.25, 0.3) is 0 Å². The van der Waals surface area contributed by atoms with Crippen molar-refractivity contribution in [2.24, 2.45) is 5.41 Å². The van der Waals surface area contributed by atoms with E-state index in [2.05, 4.69) is 31.1 Å². The van der Waals surface area contributed by atoms with E-state index in [0.29, 0.717) is 6.61 Å². The van der Waals surface area contributed by atoms with Gasteiger partial charge in [0.15, 0.2) is 0 Å². The highest BCUT2D eigenvalue weighted by Gasteiger charge is 2.32. The summed E-state index contributed by atoms with van der Waals surface area (Å²) >= 11 is 0. The lowest BCUT2D eigenvalue weighted by Gasteiger charge is -2.36. The van der Waals surface area contributed by atoms with Gasteiger partial charge >= 0.3 is 0 Å². The molecule has 0 spiro atoms. The molecule has 1 aromatic rings. The fourth-order valence-corrected chi connectivity index (χ4v) is 2.33. The molecule has 0 saturated carbocycles. The summed E-state index contributed by atoms with van der Waals surface area (Å²) in [7, 11) is 3.69. The van der Waals surface area contributed by atoms with Crippen LogP contribution < -0.4 is 10.1 Å². The third-order valence-electron chi connectivity index (χ3n) is 3.13. The number of likely N-dealkylation sites (N-methyl/N-ethyl adjacent to an activating group) is 1. The molecule has 1 heterocycles. The van der Waals surface area contributed by atoms with Crippen LogP contribution in [0.5, 0.6) is 5.75 Å². The molecule has 4 heteroatoms. The van der Waals surface area contributed by atoms with E-state index in [9.17, 15) is 0 Å². The molecule has 0 aliphatic rings. The van der Waals surface area contributed by atoms with Crippen molar-refractivity contribution >= 4 is 0 Å². The first kappa shape index (κ1) is 15.9. The van der Waals surface area contributed by atoms with Crippen LogP contribution in [0.3, 0.4) is 0 Å². The largest absolute Gasteiger partial charge is 0.492 e. The Hall–Kier alpha value is -1.13. The Bertz CT molecular complexity index is 388. The number of hydrogen-bond donors (Lipinski definition) is 1. The van der Waals surface area contributed by atoms with E-state index < -0.39 is 0 Å². The minimum Gasteiger partial charge on any atom is -0.492 e. The topological polar surface area (TPSA) is 43.4 Å². The highest BCUT2D eigenvalue weighted by Crippen LogP contribution is 2.32. The van der Waals surface area contributed by atoms with Crippen molar-refractivity contribution in [3.63, 3.8) is 0 Å². The number of ether oxygens (including phenoxy) is 2. The van der Waals surface area contributed by atoms with Gasteiger partial charge in [0.05, 0.1) is 24.9 Å². The fourth-order valence-electron chi connectivity index (χ4n) is 2.33. The third-order valence-corrected chi connectivity index (χ3v) is 3.13. The molecule has 0 radical (unpaired) electrons. The molecule has 1 rings (SSSR count). The van der Waals surface area contributed by atoms with Crippen LogP contribution in [0.25, 0.3) is 0 Å². The summed E-state index contributed by atoms with van der Waals surface area (Å²) in [6, 6.07) is 2.10. The maximum atomic E-state index is 5.69. The van der Waals surface area contributed by atoms with Gasteiger partial charge < -0.3 is 14.8 Å². The molecule has 1 N–H and O–H groups in total. The van der Waals surface area contributed by atoms with Gasteiger partial charge in [-0.2, -0.15) is 0 Å². The molecule has 0 saturated heterocycles. The zero-order chi connectivity index (χ0) is 14.5. The zero-order valence-electron chi connectivity index (χ0n) is 12.9. The SMILES string of the molecule is CCOc1cncc(C(NC)C(OC)C(C)(C)C)c1. The molecule has 1 aromatic heterocycles. The molecule has 108 valence electrons. The van der Waals surface area contributed by atoms with Gasteiger partial charge in [-0.05, 0) is 31.0 Å². The van der Waals surface area contributed by atoms with Gasteiger partial charge in [-0.25, -0.2) is 0 Å². The molecule has 0 fully saturated rings. The van der Waals surface area contributed by atoms with Gasteiger partial charge in [0.1, 0.15) is 5.75 Å². The Morgan fingerprint density at radius 2 is 2.00 bits per heavy atom. The lowest BCUT2D eigenvalue weighted by molar-refractivity contribution is -0.0103.